The van der Waals surface area contributed by atoms with Crippen molar-refractivity contribution in [1.82, 2.24) is 0 Å². The molecule has 2 rings (SSSR count). The Hall–Kier alpha value is -0.930. The van der Waals surface area contributed by atoms with Crippen molar-refractivity contribution in [2.24, 2.45) is 0 Å². The highest BCUT2D eigenvalue weighted by Gasteiger charge is 2.19. The standard InChI is InChI=1S/C13H19NO2.ClH/c1-4-16-13-8-11-9-14(2)6-5-10(11)7-12(13)15-3;/h7-8H,4-6,9H2,1-3H3;1H. The van der Waals surface area contributed by atoms with Crippen LogP contribution >= 0.6 is 0 Å². The molecule has 0 spiro atoms. The summed E-state index contributed by atoms with van der Waals surface area (Å²) in [5, 5.41) is 0. The molecule has 0 saturated heterocycles. The Bertz CT molecular complexity index is 371. The van der Waals surface area contributed by atoms with E-state index in [0.29, 0.717) is 6.61 Å². The van der Waals surface area contributed by atoms with Gasteiger partial charge >= 0.3 is 0 Å². The Kier molecular flexibility index (Phi) is 5.09. The molecular formula is C13H20ClNO2. The van der Waals surface area contributed by atoms with Crippen LogP contribution in [-0.4, -0.2) is 27.3 Å². The molecule has 0 aromatic heterocycles. The summed E-state index contributed by atoms with van der Waals surface area (Å²) in [6.07, 6.45) is 1.13. The summed E-state index contributed by atoms with van der Waals surface area (Å²) in [6, 6.07) is 4.27. The maximum atomic E-state index is 5.59. The molecule has 96 valence electrons. The number of halogens is 1. The summed E-state index contributed by atoms with van der Waals surface area (Å²) in [4.78, 5) is 1.56. The summed E-state index contributed by atoms with van der Waals surface area (Å²) in [5.41, 5.74) is 2.80. The van der Waals surface area contributed by atoms with Gasteiger partial charge in [-0.15, -0.1) is 0 Å². The van der Waals surface area contributed by atoms with Crippen molar-refractivity contribution in [3.8, 4) is 11.5 Å². The van der Waals surface area contributed by atoms with Crippen LogP contribution < -0.4 is 26.8 Å². The molecule has 0 fully saturated rings. The van der Waals surface area contributed by atoms with Gasteiger partial charge in [0.15, 0.2) is 11.5 Å². The average molecular weight is 258 g/mol. The number of methoxy groups -OCH3 is 1. The fourth-order valence-corrected chi connectivity index (χ4v) is 2.23. The molecule has 0 bridgehead atoms. The van der Waals surface area contributed by atoms with Gasteiger partial charge in [-0.05, 0) is 24.6 Å². The fourth-order valence-electron chi connectivity index (χ4n) is 2.23. The lowest BCUT2D eigenvalue weighted by Gasteiger charge is -2.23. The number of fused-ring (bicyclic) bond motifs is 1. The van der Waals surface area contributed by atoms with Crippen molar-refractivity contribution >= 4 is 0 Å². The summed E-state index contributed by atoms with van der Waals surface area (Å²) < 4.78 is 11.0. The third-order valence-electron chi connectivity index (χ3n) is 3.10. The Balaban J connectivity index is 0.00000144. The number of ether oxygens (including phenoxy) is 2. The first-order valence-corrected chi connectivity index (χ1v) is 5.88. The molecule has 1 atom stereocenters. The third-order valence-corrected chi connectivity index (χ3v) is 3.10. The van der Waals surface area contributed by atoms with Crippen LogP contribution in [0.5, 0.6) is 11.5 Å². The Morgan fingerprint density at radius 1 is 1.24 bits per heavy atom. The number of likely N-dealkylation sites (N-methyl/N-ethyl adjacent to an activating group) is 1. The first-order valence-electron chi connectivity index (χ1n) is 5.88. The quantitative estimate of drug-likeness (QED) is 0.657. The van der Waals surface area contributed by atoms with E-state index in [1.807, 2.05) is 6.92 Å². The lowest BCUT2D eigenvalue weighted by Crippen LogP contribution is -3.08. The van der Waals surface area contributed by atoms with Crippen molar-refractivity contribution in [3.63, 3.8) is 0 Å². The highest BCUT2D eigenvalue weighted by molar-refractivity contribution is 5.47. The number of hydrogen-bond donors (Lipinski definition) is 1. The summed E-state index contributed by atoms with van der Waals surface area (Å²) in [7, 11) is 3.93. The molecule has 1 aromatic rings. The van der Waals surface area contributed by atoms with Crippen LogP contribution in [0.15, 0.2) is 12.1 Å². The molecule has 0 radical (unpaired) electrons. The molecule has 17 heavy (non-hydrogen) atoms. The van der Waals surface area contributed by atoms with Crippen molar-refractivity contribution in [1.29, 1.82) is 0 Å². The Morgan fingerprint density at radius 2 is 1.94 bits per heavy atom. The predicted octanol–water partition coefficient (Wildman–Crippen LogP) is -2.33. The molecule has 1 aliphatic rings. The van der Waals surface area contributed by atoms with E-state index in [1.165, 1.54) is 17.7 Å². The van der Waals surface area contributed by atoms with Crippen LogP contribution in [0.2, 0.25) is 0 Å². The molecule has 1 unspecified atom stereocenters. The zero-order chi connectivity index (χ0) is 11.5. The second-order valence-electron chi connectivity index (χ2n) is 4.34. The van der Waals surface area contributed by atoms with Crippen molar-refractivity contribution in [3.05, 3.63) is 23.3 Å². The molecular weight excluding hydrogens is 238 g/mol. The van der Waals surface area contributed by atoms with Crippen molar-refractivity contribution < 1.29 is 26.8 Å². The van der Waals surface area contributed by atoms with Crippen molar-refractivity contribution in [2.75, 3.05) is 27.3 Å². The number of rotatable bonds is 3. The lowest BCUT2D eigenvalue weighted by molar-refractivity contribution is -0.895. The molecule has 0 saturated carbocycles. The molecule has 1 N–H and O–H groups in total. The lowest BCUT2D eigenvalue weighted by atomic mass is 9.99. The topological polar surface area (TPSA) is 22.9 Å². The maximum absolute atomic E-state index is 5.59. The summed E-state index contributed by atoms with van der Waals surface area (Å²) in [5.74, 6) is 1.73. The molecule has 1 aliphatic heterocycles. The van der Waals surface area contributed by atoms with Crippen LogP contribution in [0, 0.1) is 0 Å². The van der Waals surface area contributed by atoms with E-state index in [0.717, 1.165) is 24.5 Å². The highest BCUT2D eigenvalue weighted by Crippen LogP contribution is 2.31. The van der Waals surface area contributed by atoms with Gasteiger partial charge in [0.1, 0.15) is 6.54 Å². The van der Waals surface area contributed by atoms with Crippen LogP contribution in [0.25, 0.3) is 0 Å². The zero-order valence-electron chi connectivity index (χ0n) is 10.7. The van der Waals surface area contributed by atoms with Gasteiger partial charge in [0.2, 0.25) is 0 Å². The van der Waals surface area contributed by atoms with Gasteiger partial charge in [0, 0.05) is 12.0 Å². The van der Waals surface area contributed by atoms with Gasteiger partial charge in [-0.2, -0.15) is 0 Å². The maximum Gasteiger partial charge on any atom is 0.161 e. The van der Waals surface area contributed by atoms with E-state index < -0.39 is 0 Å². The molecule has 4 heteroatoms. The molecule has 0 aliphatic carbocycles. The SMILES string of the molecule is CCOc1cc2c(cc1OC)CC[NH+](C)C2.[Cl-]. The van der Waals surface area contributed by atoms with Crippen LogP contribution in [-0.2, 0) is 13.0 Å². The zero-order valence-corrected chi connectivity index (χ0v) is 11.4. The highest BCUT2D eigenvalue weighted by atomic mass is 35.5. The first kappa shape index (κ1) is 14.1. The van der Waals surface area contributed by atoms with Crippen molar-refractivity contribution in [2.45, 2.75) is 19.9 Å². The number of nitrogens with one attached hydrogen (secondary N) is 1. The van der Waals surface area contributed by atoms with Gasteiger partial charge < -0.3 is 26.8 Å². The van der Waals surface area contributed by atoms with E-state index >= 15 is 0 Å². The Labute approximate surface area is 109 Å². The number of quaternary nitrogens is 1. The third kappa shape index (κ3) is 3.05. The normalized spacial score (nSPS) is 17.9. The van der Waals surface area contributed by atoms with Gasteiger partial charge in [-0.3, -0.25) is 0 Å². The summed E-state index contributed by atoms with van der Waals surface area (Å²) in [6.45, 7) is 4.96. The number of benzene rings is 1. The van der Waals surface area contributed by atoms with E-state index in [-0.39, 0.29) is 12.4 Å². The van der Waals surface area contributed by atoms with Crippen LogP contribution in [0.1, 0.15) is 18.1 Å². The minimum absolute atomic E-state index is 0. The van der Waals surface area contributed by atoms with Gasteiger partial charge in [0.05, 0.1) is 27.3 Å². The molecule has 1 aromatic carbocycles. The van der Waals surface area contributed by atoms with E-state index in [4.69, 9.17) is 9.47 Å². The first-order chi connectivity index (χ1) is 7.74. The van der Waals surface area contributed by atoms with Gasteiger partial charge in [-0.1, -0.05) is 0 Å². The Morgan fingerprint density at radius 3 is 2.59 bits per heavy atom. The predicted molar refractivity (Wildman–Crippen MR) is 63.3 cm³/mol. The van der Waals surface area contributed by atoms with E-state index in [9.17, 15) is 0 Å². The largest absolute Gasteiger partial charge is 1.00 e. The van der Waals surface area contributed by atoms with Crippen LogP contribution in [0.3, 0.4) is 0 Å². The van der Waals surface area contributed by atoms with E-state index in [2.05, 4.69) is 19.2 Å². The molecule has 1 heterocycles. The van der Waals surface area contributed by atoms with Crippen LogP contribution in [0.4, 0.5) is 0 Å². The van der Waals surface area contributed by atoms with E-state index in [1.54, 1.807) is 12.0 Å². The van der Waals surface area contributed by atoms with Gasteiger partial charge in [0.25, 0.3) is 0 Å². The fraction of sp³-hybridized carbons (Fsp3) is 0.538. The summed E-state index contributed by atoms with van der Waals surface area (Å²) >= 11 is 0. The minimum atomic E-state index is 0. The second kappa shape index (κ2) is 6.12. The molecule has 0 amide bonds. The average Bonchev–Trinajstić information content (AvgIpc) is 2.28. The second-order valence-corrected chi connectivity index (χ2v) is 4.34. The smallest absolute Gasteiger partial charge is 0.161 e. The number of hydrogen-bond acceptors (Lipinski definition) is 2. The minimum Gasteiger partial charge on any atom is -1.00 e. The monoisotopic (exact) mass is 257 g/mol. The molecule has 3 nitrogen and oxygen atoms in total. The van der Waals surface area contributed by atoms with Gasteiger partial charge in [-0.25, -0.2) is 0 Å².